The Morgan fingerprint density at radius 3 is 0.136 bits per heavy atom. The molecule has 0 spiro atoms. The Hall–Kier alpha value is 11.2. The van der Waals surface area contributed by atoms with Crippen molar-refractivity contribution in [2.24, 2.45) is 0 Å². The summed E-state index contributed by atoms with van der Waals surface area (Å²) in [5.41, 5.74) is 0. The van der Waals surface area contributed by atoms with Crippen molar-refractivity contribution in [2.75, 3.05) is 220 Å². The van der Waals surface area contributed by atoms with E-state index in [9.17, 15) is 68.5 Å². The molecule has 0 aromatic carbocycles. The van der Waals surface area contributed by atoms with Crippen LogP contribution in [0.15, 0.2) is 0 Å². The van der Waals surface area contributed by atoms with E-state index >= 15 is 0 Å². The largest absolute Gasteiger partial charge is 0.345 e. The van der Waals surface area contributed by atoms with E-state index in [4.69, 9.17) is 58.7 Å². The van der Waals surface area contributed by atoms with Gasteiger partial charge in [-0.15, -0.1) is 0 Å². The zero-order chi connectivity index (χ0) is 67.5. The van der Waals surface area contributed by atoms with Crippen LogP contribution < -0.4 is 0 Å². The van der Waals surface area contributed by atoms with Gasteiger partial charge in [-0.25, -0.2) is 0 Å². The molecule has 0 atom stereocenters. The van der Waals surface area contributed by atoms with E-state index in [0.717, 1.165) is 20.0 Å². The zero-order valence-corrected chi connectivity index (χ0v) is 90.3. The van der Waals surface area contributed by atoms with Gasteiger partial charge in [0.1, 0.15) is 0 Å². The molecule has 498 valence electrons. The smallest absolute Gasteiger partial charge is 0.322 e. The summed E-state index contributed by atoms with van der Waals surface area (Å²) in [6.07, 6.45) is 0. The average Bonchev–Trinajstić information content (AvgIpc) is 2.65. The molecule has 0 amide bonds. The third kappa shape index (κ3) is 5830. The molecule has 0 aliphatic carbocycles. The van der Waals surface area contributed by atoms with Crippen LogP contribution in [0.25, 0.3) is 0 Å². The topological polar surface area (TPSA) is 499 Å². The summed E-state index contributed by atoms with van der Waals surface area (Å²) in [4.78, 5) is 94.2. The standard InChI is InChI=1S/6C3H9OP.6C2H7O2P.3CH5O3P.6Pr/c15*1-5(2,3)4;;;;;;/h6*1-3H3;6*1-2H3,(H,3,4);3*1H3,(H2,2,3,4);;;;;;. The maximum atomic E-state index is 10.2. The van der Waals surface area contributed by atoms with Gasteiger partial charge in [0.2, 0.25) is 0 Å². The van der Waals surface area contributed by atoms with Crippen LogP contribution in [0.1, 0.15) is 0 Å². The number of rotatable bonds is 0. The first-order valence-corrected chi connectivity index (χ1v) is 59.7. The normalized spacial score (nSPS) is 10.9. The van der Waals surface area contributed by atoms with Gasteiger partial charge in [-0.1, -0.05) is 0 Å². The Bertz CT molecular complexity index is 1420. The Morgan fingerprint density at radius 1 is 0.136 bits per heavy atom. The first kappa shape index (κ1) is 151. The van der Waals surface area contributed by atoms with Gasteiger partial charge in [-0.2, -0.15) is 0 Å². The molecule has 0 saturated heterocycles. The van der Waals surface area contributed by atoms with Crippen molar-refractivity contribution in [3.05, 3.63) is 0 Å². The summed E-state index contributed by atoms with van der Waals surface area (Å²) < 4.78 is 148. The van der Waals surface area contributed by atoms with Crippen LogP contribution in [-0.4, -0.2) is 279 Å². The van der Waals surface area contributed by atoms with E-state index in [1.165, 1.54) is 80.0 Å². The number of hydrogen-bond donors (Lipinski definition) is 12. The summed E-state index contributed by atoms with van der Waals surface area (Å²) in [5.74, 6) is 0. The number of hydrogen-bond acceptors (Lipinski definition) is 15. The minimum Gasteiger partial charge on any atom is -0.345 e. The second kappa shape index (κ2) is 72.4. The van der Waals surface area contributed by atoms with Gasteiger partial charge in [-0.3, -0.25) is 41.1 Å². The molecule has 0 aromatic heterocycles. The monoisotopic (exact) mass is 2250 g/mol. The molecule has 0 unspecified atom stereocenters. The quantitative estimate of drug-likeness (QED) is 0.100. The van der Waals surface area contributed by atoms with Crippen molar-refractivity contribution in [1.82, 2.24) is 0 Å². The van der Waals surface area contributed by atoms with Gasteiger partial charge >= 0.3 is 22.8 Å². The summed E-state index contributed by atoms with van der Waals surface area (Å²) in [7, 11) is -36.6. The summed E-state index contributed by atoms with van der Waals surface area (Å²) >= 11 is 0. The second-order valence-electron chi connectivity index (χ2n) is 21.6. The maximum Gasteiger partial charge on any atom is 0.322 e. The van der Waals surface area contributed by atoms with Crippen molar-refractivity contribution >= 4 is 110 Å². The van der Waals surface area contributed by atoms with E-state index in [0.29, 0.717) is 0 Å². The van der Waals surface area contributed by atoms with Gasteiger partial charge < -0.3 is 86.1 Å². The van der Waals surface area contributed by atoms with Crippen molar-refractivity contribution in [3.8, 4) is 0 Å². The third-order valence-corrected chi connectivity index (χ3v) is 0. The van der Waals surface area contributed by atoms with E-state index in [1.807, 2.05) is 0 Å². The van der Waals surface area contributed by atoms with E-state index in [-0.39, 0.29) is 248 Å². The van der Waals surface area contributed by atoms with E-state index in [1.54, 1.807) is 120 Å². The van der Waals surface area contributed by atoms with Crippen LogP contribution in [0.2, 0.25) is 0 Å². The first-order valence-electron chi connectivity index (χ1n) is 19.9. The van der Waals surface area contributed by atoms with Gasteiger partial charge in [0.25, 0.3) is 0 Å². The fourth-order valence-electron chi connectivity index (χ4n) is 0. The molecule has 27 nitrogen and oxygen atoms in total. The minimum absolute atomic E-state index is 0. The molecule has 0 aliphatic heterocycles. The van der Waals surface area contributed by atoms with Crippen molar-refractivity contribution in [1.29, 1.82) is 0 Å². The SMILES string of the molecule is CP(=O)(O)O.CP(=O)(O)O.CP(=O)(O)O.CP(C)(=O)O.CP(C)(=O)O.CP(C)(=O)O.CP(C)(=O)O.CP(C)(=O)O.CP(C)(=O)O.CP(C)(C)=O.CP(C)(C)=O.CP(C)(C)=O.CP(C)(C)=O.CP(C)(C)=O.CP(C)(C)=O.[Pr].[Pr].[Pr].[Pr].[Pr].[Pr]. The molecular formula is C33H111O27P15Pr6. The van der Waals surface area contributed by atoms with Gasteiger partial charge in [0, 0.05) is 348 Å². The predicted molar refractivity (Wildman–Crippen MR) is 336 cm³/mol. The maximum absolute atomic E-state index is 10.2. The first-order chi connectivity index (χ1) is 30.0. The van der Waals surface area contributed by atoms with Gasteiger partial charge in [0.15, 0.2) is 44.2 Å². The van der Waals surface area contributed by atoms with E-state index in [2.05, 4.69) is 0 Å². The molecule has 0 aromatic rings. The Kier molecular flexibility index (Phi) is 135. The third-order valence-electron chi connectivity index (χ3n) is 0. The fourth-order valence-corrected chi connectivity index (χ4v) is 0. The van der Waals surface area contributed by atoms with Crippen LogP contribution >= 0.6 is 110 Å². The summed E-state index contributed by atoms with van der Waals surface area (Å²) in [6.45, 7) is 49.5. The molecule has 0 saturated carbocycles. The van der Waals surface area contributed by atoms with Gasteiger partial charge in [-0.05, 0) is 120 Å². The molecule has 0 bridgehead atoms. The Labute approximate surface area is 691 Å². The molecule has 0 aliphatic rings. The summed E-state index contributed by atoms with van der Waals surface area (Å²) in [6, 6.07) is 0. The molecule has 6 radical (unpaired) electrons. The minimum atomic E-state index is -3.64. The Balaban J connectivity index is -0.0000000249. The molecule has 81 heavy (non-hydrogen) atoms. The Morgan fingerprint density at radius 2 is 0.136 bits per heavy atom. The molecule has 0 fully saturated rings. The van der Waals surface area contributed by atoms with Crippen LogP contribution in [0, 0.1) is 248 Å². The van der Waals surface area contributed by atoms with Crippen LogP contribution in [0.5, 0.6) is 0 Å². The van der Waals surface area contributed by atoms with Crippen LogP contribution in [0.3, 0.4) is 0 Å². The predicted octanol–water partition coefficient (Wildman–Crippen LogP) is 9.91. The fraction of sp³-hybridized carbons (Fsp3) is 1.00. The second-order valence-corrected chi connectivity index (χ2v) is 64.8. The molecule has 12 N–H and O–H groups in total. The molecule has 0 heterocycles. The molecule has 0 rings (SSSR count). The van der Waals surface area contributed by atoms with Crippen molar-refractivity contribution < 1.29 is 375 Å². The zero-order valence-electron chi connectivity index (χ0n) is 54.7. The van der Waals surface area contributed by atoms with Crippen molar-refractivity contribution in [2.45, 2.75) is 0 Å². The van der Waals surface area contributed by atoms with Crippen molar-refractivity contribution in [3.63, 3.8) is 0 Å². The van der Waals surface area contributed by atoms with E-state index < -0.39 is 110 Å². The average molecular weight is 2250 g/mol. The molecular weight excluding hydrogens is 2140 g/mol. The summed E-state index contributed by atoms with van der Waals surface area (Å²) in [5, 5.41) is 0. The molecule has 48 heteroatoms. The van der Waals surface area contributed by atoms with Crippen LogP contribution in [0.4, 0.5) is 0 Å². The van der Waals surface area contributed by atoms with Gasteiger partial charge in [0.05, 0.1) is 42.9 Å². The van der Waals surface area contributed by atoms with Crippen LogP contribution in [-0.2, 0) is 68.5 Å².